The largest absolute Gasteiger partial charge is 0.306 e. The summed E-state index contributed by atoms with van der Waals surface area (Å²) in [5, 5.41) is 0. The number of sulfonamides is 1. The predicted molar refractivity (Wildman–Crippen MR) is 110 cm³/mol. The summed E-state index contributed by atoms with van der Waals surface area (Å²) >= 11 is 0. The van der Waals surface area contributed by atoms with Gasteiger partial charge in [-0.15, -0.1) is 0 Å². The molecule has 0 spiro atoms. The Morgan fingerprint density at radius 2 is 1.78 bits per heavy atom. The maximum absolute atomic E-state index is 13.6. The van der Waals surface area contributed by atoms with Crippen molar-refractivity contribution in [1.29, 1.82) is 0 Å². The van der Waals surface area contributed by atoms with Crippen LogP contribution < -0.4 is 4.31 Å². The number of anilines is 1. The smallest absolute Gasteiger partial charge is 0.264 e. The Balaban J connectivity index is 1.80. The maximum Gasteiger partial charge on any atom is 0.264 e. The first kappa shape index (κ1) is 18.5. The number of hydrogen-bond acceptors (Lipinski definition) is 3. The Bertz CT molecular complexity index is 951. The van der Waals surface area contributed by atoms with E-state index in [9.17, 15) is 8.42 Å². The summed E-state index contributed by atoms with van der Waals surface area (Å²) in [5.74, 6) is 0.624. The van der Waals surface area contributed by atoms with Gasteiger partial charge >= 0.3 is 0 Å². The van der Waals surface area contributed by atoms with E-state index in [2.05, 4.69) is 38.8 Å². The quantitative estimate of drug-likeness (QED) is 0.799. The van der Waals surface area contributed by atoms with Gasteiger partial charge in [0.2, 0.25) is 0 Å². The van der Waals surface area contributed by atoms with Crippen LogP contribution >= 0.6 is 0 Å². The third-order valence-corrected chi connectivity index (χ3v) is 7.86. The standard InChI is InChI=1S/C22H28N2O2S/c1-15(2)17-6-8-18(9-7-17)27(25,26)24-21-10-5-16(3)13-19(21)20-14-23(4)12-11-22(20)24/h5-10,13,15,20,22H,11-12,14H2,1-4H3/t20-,22-/m1/s1. The molecule has 0 amide bonds. The topological polar surface area (TPSA) is 40.6 Å². The van der Waals surface area contributed by atoms with E-state index in [-0.39, 0.29) is 12.0 Å². The van der Waals surface area contributed by atoms with Crippen molar-refractivity contribution < 1.29 is 8.42 Å². The lowest BCUT2D eigenvalue weighted by molar-refractivity contribution is 0.237. The van der Waals surface area contributed by atoms with E-state index in [4.69, 9.17) is 0 Å². The van der Waals surface area contributed by atoms with Crippen LogP contribution in [0, 0.1) is 6.92 Å². The van der Waals surface area contributed by atoms with Gasteiger partial charge in [0.05, 0.1) is 16.6 Å². The van der Waals surface area contributed by atoms with Crippen LogP contribution in [0.25, 0.3) is 0 Å². The molecule has 4 rings (SSSR count). The van der Waals surface area contributed by atoms with Crippen molar-refractivity contribution in [2.75, 3.05) is 24.4 Å². The van der Waals surface area contributed by atoms with E-state index in [0.29, 0.717) is 10.8 Å². The van der Waals surface area contributed by atoms with Crippen molar-refractivity contribution in [2.24, 2.45) is 0 Å². The second-order valence-corrected chi connectivity index (χ2v) is 10.1. The highest BCUT2D eigenvalue weighted by atomic mass is 32.2. The molecule has 0 radical (unpaired) electrons. The molecule has 0 bridgehead atoms. The third kappa shape index (κ3) is 3.07. The van der Waals surface area contributed by atoms with Crippen molar-refractivity contribution in [3.05, 3.63) is 59.2 Å². The summed E-state index contributed by atoms with van der Waals surface area (Å²) in [6.45, 7) is 8.13. The van der Waals surface area contributed by atoms with Gasteiger partial charge in [0.15, 0.2) is 0 Å². The SMILES string of the molecule is Cc1ccc2c(c1)[C@H]1CN(C)CC[C@H]1N2S(=O)(=O)c1ccc(C(C)C)cc1. The van der Waals surface area contributed by atoms with E-state index in [1.807, 2.05) is 24.3 Å². The van der Waals surface area contributed by atoms with Crippen molar-refractivity contribution in [3.8, 4) is 0 Å². The number of nitrogens with zero attached hydrogens (tertiary/aromatic N) is 2. The second kappa shape index (κ2) is 6.64. The van der Waals surface area contributed by atoms with Crippen molar-refractivity contribution in [2.45, 2.75) is 50.0 Å². The summed E-state index contributed by atoms with van der Waals surface area (Å²) in [6, 6.07) is 13.6. The van der Waals surface area contributed by atoms with Gasteiger partial charge in [-0.1, -0.05) is 43.7 Å². The molecule has 2 heterocycles. The van der Waals surface area contributed by atoms with Crippen LogP contribution in [0.1, 0.15) is 48.8 Å². The predicted octanol–water partition coefficient (Wildman–Crippen LogP) is 4.12. The van der Waals surface area contributed by atoms with Crippen LogP contribution in [0.3, 0.4) is 0 Å². The molecule has 5 heteroatoms. The number of aryl methyl sites for hydroxylation is 1. The fourth-order valence-corrected chi connectivity index (χ4v) is 6.23. The highest BCUT2D eigenvalue weighted by Gasteiger charge is 2.46. The van der Waals surface area contributed by atoms with Gasteiger partial charge in [-0.3, -0.25) is 4.31 Å². The molecule has 144 valence electrons. The lowest BCUT2D eigenvalue weighted by Crippen LogP contribution is -2.47. The Hall–Kier alpha value is -1.85. The van der Waals surface area contributed by atoms with E-state index < -0.39 is 10.0 Å². The van der Waals surface area contributed by atoms with Gasteiger partial charge < -0.3 is 4.90 Å². The van der Waals surface area contributed by atoms with Crippen molar-refractivity contribution in [1.82, 2.24) is 4.90 Å². The van der Waals surface area contributed by atoms with Crippen LogP contribution in [0.2, 0.25) is 0 Å². The van der Waals surface area contributed by atoms with Crippen LogP contribution in [0.15, 0.2) is 47.4 Å². The maximum atomic E-state index is 13.6. The minimum absolute atomic E-state index is 0.00720. The minimum atomic E-state index is -3.58. The highest BCUT2D eigenvalue weighted by molar-refractivity contribution is 7.92. The first-order valence-electron chi connectivity index (χ1n) is 9.72. The molecule has 2 aromatic rings. The van der Waals surface area contributed by atoms with Crippen LogP contribution in [0.4, 0.5) is 5.69 Å². The highest BCUT2D eigenvalue weighted by Crippen LogP contribution is 2.47. The average Bonchev–Trinajstić information content (AvgIpc) is 2.95. The number of piperidine rings is 1. The van der Waals surface area contributed by atoms with Crippen molar-refractivity contribution >= 4 is 15.7 Å². The van der Waals surface area contributed by atoms with E-state index in [0.717, 1.165) is 30.8 Å². The van der Waals surface area contributed by atoms with E-state index >= 15 is 0 Å². The molecule has 0 aromatic heterocycles. The number of fused-ring (bicyclic) bond motifs is 3. The third-order valence-electron chi connectivity index (χ3n) is 6.00. The van der Waals surface area contributed by atoms with E-state index in [1.54, 1.807) is 16.4 Å². The summed E-state index contributed by atoms with van der Waals surface area (Å²) in [4.78, 5) is 2.69. The lowest BCUT2D eigenvalue weighted by atomic mass is 9.89. The number of likely N-dealkylation sites (tertiary alicyclic amines) is 1. The Morgan fingerprint density at radius 3 is 2.44 bits per heavy atom. The summed E-state index contributed by atoms with van der Waals surface area (Å²) in [6.07, 6.45) is 0.859. The first-order chi connectivity index (χ1) is 12.8. The van der Waals surface area contributed by atoms with Gasteiger partial charge in [0.1, 0.15) is 0 Å². The lowest BCUT2D eigenvalue weighted by Gasteiger charge is -2.36. The first-order valence-corrected chi connectivity index (χ1v) is 11.2. The number of likely N-dealkylation sites (N-methyl/N-ethyl adjacent to an activating group) is 1. The Morgan fingerprint density at radius 1 is 1.07 bits per heavy atom. The normalized spacial score (nSPS) is 22.8. The zero-order valence-corrected chi connectivity index (χ0v) is 17.3. The molecule has 0 aliphatic carbocycles. The second-order valence-electron chi connectivity index (χ2n) is 8.31. The van der Waals surface area contributed by atoms with E-state index in [1.165, 1.54) is 11.1 Å². The van der Waals surface area contributed by atoms with Gasteiger partial charge in [-0.05, 0) is 62.2 Å². The van der Waals surface area contributed by atoms with Gasteiger partial charge in [-0.2, -0.15) is 0 Å². The minimum Gasteiger partial charge on any atom is -0.306 e. The molecule has 0 N–H and O–H groups in total. The van der Waals surface area contributed by atoms with Gasteiger partial charge in [0, 0.05) is 12.5 Å². The molecule has 27 heavy (non-hydrogen) atoms. The molecule has 4 nitrogen and oxygen atoms in total. The number of hydrogen-bond donors (Lipinski definition) is 0. The molecular weight excluding hydrogens is 356 g/mol. The van der Waals surface area contributed by atoms with Crippen LogP contribution in [-0.4, -0.2) is 39.5 Å². The summed E-state index contributed by atoms with van der Waals surface area (Å²) < 4.78 is 28.9. The Labute approximate surface area is 162 Å². The van der Waals surface area contributed by atoms with Gasteiger partial charge in [0.25, 0.3) is 10.0 Å². The van der Waals surface area contributed by atoms with Crippen LogP contribution in [-0.2, 0) is 10.0 Å². The molecule has 0 unspecified atom stereocenters. The molecule has 1 fully saturated rings. The summed E-state index contributed by atoms with van der Waals surface area (Å²) in [5.41, 5.74) is 4.37. The zero-order valence-electron chi connectivity index (χ0n) is 16.5. The number of rotatable bonds is 3. The fraction of sp³-hybridized carbons (Fsp3) is 0.455. The molecule has 1 saturated heterocycles. The molecule has 2 atom stereocenters. The fourth-order valence-electron chi connectivity index (χ4n) is 4.49. The zero-order chi connectivity index (χ0) is 19.3. The molecule has 2 aliphatic rings. The van der Waals surface area contributed by atoms with Gasteiger partial charge in [-0.25, -0.2) is 8.42 Å². The monoisotopic (exact) mass is 384 g/mol. The summed E-state index contributed by atoms with van der Waals surface area (Å²) in [7, 11) is -1.46. The van der Waals surface area contributed by atoms with Crippen molar-refractivity contribution in [3.63, 3.8) is 0 Å². The molecule has 2 aromatic carbocycles. The van der Waals surface area contributed by atoms with Crippen LogP contribution in [0.5, 0.6) is 0 Å². The molecule has 2 aliphatic heterocycles. The average molecular weight is 385 g/mol. The molecular formula is C22H28N2O2S. The Kier molecular flexibility index (Phi) is 4.55. The molecule has 0 saturated carbocycles. The number of benzene rings is 2.